The Balaban J connectivity index is 2.95. The van der Waals surface area contributed by atoms with Crippen LogP contribution in [0.4, 0.5) is 5.69 Å². The molecule has 1 N–H and O–H groups in total. The quantitative estimate of drug-likeness (QED) is 0.851. The normalized spacial score (nSPS) is 11.5. The summed E-state index contributed by atoms with van der Waals surface area (Å²) in [6.45, 7) is 3.77. The van der Waals surface area contributed by atoms with Crippen LogP contribution in [0.5, 0.6) is 5.75 Å². The number of benzene rings is 1. The maximum absolute atomic E-state index is 11.4. The third-order valence-corrected chi connectivity index (χ3v) is 4.29. The van der Waals surface area contributed by atoms with Gasteiger partial charge in [0.05, 0.1) is 11.8 Å². The summed E-state index contributed by atoms with van der Waals surface area (Å²) in [5.41, 5.74) is 0.454. The number of rotatable bonds is 5. The zero-order valence-electron chi connectivity index (χ0n) is 9.10. The molecule has 0 saturated carbocycles. The highest BCUT2D eigenvalue weighted by molar-refractivity contribution is 9.10. The van der Waals surface area contributed by atoms with Gasteiger partial charge in [0.1, 0.15) is 10.4 Å². The highest BCUT2D eigenvalue weighted by Gasteiger charge is 2.12. The lowest BCUT2D eigenvalue weighted by molar-refractivity contribution is 0.244. The van der Waals surface area contributed by atoms with Crippen molar-refractivity contribution in [2.45, 2.75) is 20.0 Å². The summed E-state index contributed by atoms with van der Waals surface area (Å²) in [6, 6.07) is 6.94. The number of ether oxygens (including phenoxy) is 1. The molecule has 4 nitrogen and oxygen atoms in total. The van der Waals surface area contributed by atoms with Crippen molar-refractivity contribution >= 4 is 31.6 Å². The van der Waals surface area contributed by atoms with Gasteiger partial charge in [-0.25, -0.2) is 8.42 Å². The Bertz CT molecular complexity index is 445. The van der Waals surface area contributed by atoms with Crippen LogP contribution in [0.2, 0.25) is 0 Å². The number of hydrogen-bond acceptors (Lipinski definition) is 3. The molecule has 0 saturated heterocycles. The van der Waals surface area contributed by atoms with Crippen LogP contribution in [0.15, 0.2) is 24.3 Å². The highest BCUT2D eigenvalue weighted by atomic mass is 79.9. The SMILES string of the molecule is CC(C)Oc1ccccc1NS(=O)(=O)CBr. The molecule has 0 amide bonds. The van der Waals surface area contributed by atoms with Crippen LogP contribution in [0.25, 0.3) is 0 Å². The fourth-order valence-corrected chi connectivity index (χ4v) is 2.00. The average molecular weight is 308 g/mol. The molecule has 6 heteroatoms. The van der Waals surface area contributed by atoms with Crippen molar-refractivity contribution in [3.05, 3.63) is 24.3 Å². The number of para-hydroxylation sites is 2. The van der Waals surface area contributed by atoms with E-state index in [9.17, 15) is 8.42 Å². The number of halogens is 1. The monoisotopic (exact) mass is 307 g/mol. The smallest absolute Gasteiger partial charge is 0.242 e. The van der Waals surface area contributed by atoms with Gasteiger partial charge in [-0.15, -0.1) is 0 Å². The molecule has 0 aliphatic rings. The van der Waals surface area contributed by atoms with Crippen molar-refractivity contribution in [2.75, 3.05) is 9.38 Å². The van der Waals surface area contributed by atoms with Crippen LogP contribution in [0.3, 0.4) is 0 Å². The van der Waals surface area contributed by atoms with Crippen molar-refractivity contribution in [3.63, 3.8) is 0 Å². The number of sulfonamides is 1. The molecule has 1 aromatic rings. The predicted octanol–water partition coefficient (Wildman–Crippen LogP) is 2.57. The van der Waals surface area contributed by atoms with Crippen molar-refractivity contribution in [3.8, 4) is 5.75 Å². The van der Waals surface area contributed by atoms with Gasteiger partial charge in [0, 0.05) is 0 Å². The Morgan fingerprint density at radius 1 is 1.38 bits per heavy atom. The minimum atomic E-state index is -3.34. The van der Waals surface area contributed by atoms with Crippen LogP contribution in [-0.2, 0) is 10.0 Å². The van der Waals surface area contributed by atoms with Crippen LogP contribution >= 0.6 is 15.9 Å². The molecule has 0 aliphatic heterocycles. The molecule has 16 heavy (non-hydrogen) atoms. The molecule has 0 unspecified atom stereocenters. The summed E-state index contributed by atoms with van der Waals surface area (Å²) >= 11 is 2.91. The van der Waals surface area contributed by atoms with E-state index in [2.05, 4.69) is 20.7 Å². The van der Waals surface area contributed by atoms with Gasteiger partial charge >= 0.3 is 0 Å². The third kappa shape index (κ3) is 4.02. The van der Waals surface area contributed by atoms with Gasteiger partial charge < -0.3 is 4.74 Å². The van der Waals surface area contributed by atoms with Crippen molar-refractivity contribution in [1.82, 2.24) is 0 Å². The Labute approximate surface area is 104 Å². The minimum Gasteiger partial charge on any atom is -0.489 e. The molecule has 0 fully saturated rings. The van der Waals surface area contributed by atoms with Gasteiger partial charge in [0.25, 0.3) is 0 Å². The van der Waals surface area contributed by atoms with E-state index in [0.717, 1.165) is 0 Å². The first-order valence-electron chi connectivity index (χ1n) is 4.77. The van der Waals surface area contributed by atoms with Gasteiger partial charge in [-0.2, -0.15) is 0 Å². The average Bonchev–Trinajstić information content (AvgIpc) is 2.20. The molecular formula is C10H14BrNO3S. The zero-order valence-corrected chi connectivity index (χ0v) is 11.5. The Hall–Kier alpha value is -0.750. The van der Waals surface area contributed by atoms with Crippen molar-refractivity contribution in [1.29, 1.82) is 0 Å². The lowest BCUT2D eigenvalue weighted by Gasteiger charge is -2.14. The van der Waals surface area contributed by atoms with E-state index in [1.807, 2.05) is 13.8 Å². The maximum Gasteiger partial charge on any atom is 0.242 e. The lowest BCUT2D eigenvalue weighted by atomic mass is 10.3. The molecule has 0 spiro atoms. The number of anilines is 1. The fraction of sp³-hybridized carbons (Fsp3) is 0.400. The third-order valence-electron chi connectivity index (χ3n) is 1.66. The van der Waals surface area contributed by atoms with Gasteiger partial charge in [-0.05, 0) is 26.0 Å². The minimum absolute atomic E-state index is 0.00498. The van der Waals surface area contributed by atoms with Gasteiger partial charge in [0.2, 0.25) is 10.0 Å². The second-order valence-electron chi connectivity index (χ2n) is 3.49. The van der Waals surface area contributed by atoms with E-state index < -0.39 is 10.0 Å². The Morgan fingerprint density at radius 3 is 2.56 bits per heavy atom. The van der Waals surface area contributed by atoms with Crippen LogP contribution in [-0.4, -0.2) is 19.2 Å². The summed E-state index contributed by atoms with van der Waals surface area (Å²) in [7, 11) is -3.34. The molecule has 0 aliphatic carbocycles. The fourth-order valence-electron chi connectivity index (χ4n) is 1.10. The molecule has 0 heterocycles. The summed E-state index contributed by atoms with van der Waals surface area (Å²) in [5.74, 6) is 0.530. The zero-order chi connectivity index (χ0) is 12.2. The van der Waals surface area contributed by atoms with E-state index in [4.69, 9.17) is 4.74 Å². The first-order valence-corrected chi connectivity index (χ1v) is 7.54. The first kappa shape index (κ1) is 13.3. The molecular weight excluding hydrogens is 294 g/mol. The number of nitrogens with one attached hydrogen (secondary N) is 1. The molecule has 0 atom stereocenters. The summed E-state index contributed by atoms with van der Waals surface area (Å²) in [4.78, 5) is 0. The number of hydrogen-bond donors (Lipinski definition) is 1. The molecule has 1 aromatic carbocycles. The topological polar surface area (TPSA) is 55.4 Å². The van der Waals surface area contributed by atoms with E-state index in [0.29, 0.717) is 11.4 Å². The summed E-state index contributed by atoms with van der Waals surface area (Å²) < 4.78 is 30.6. The molecule has 0 bridgehead atoms. The highest BCUT2D eigenvalue weighted by Crippen LogP contribution is 2.26. The van der Waals surface area contributed by atoms with Crippen LogP contribution < -0.4 is 9.46 Å². The largest absolute Gasteiger partial charge is 0.489 e. The maximum atomic E-state index is 11.4. The molecule has 0 aromatic heterocycles. The Kier molecular flexibility index (Phi) is 4.61. The summed E-state index contributed by atoms with van der Waals surface area (Å²) in [5, 5.41) is 0. The van der Waals surface area contributed by atoms with Crippen LogP contribution in [0.1, 0.15) is 13.8 Å². The summed E-state index contributed by atoms with van der Waals surface area (Å²) in [6.07, 6.45) is -0.00498. The first-order chi connectivity index (χ1) is 7.44. The number of alkyl halides is 1. The van der Waals surface area contributed by atoms with E-state index >= 15 is 0 Å². The van der Waals surface area contributed by atoms with Gasteiger partial charge in [-0.3, -0.25) is 4.72 Å². The van der Waals surface area contributed by atoms with Crippen LogP contribution in [0, 0.1) is 0 Å². The van der Waals surface area contributed by atoms with E-state index in [1.54, 1.807) is 24.3 Å². The van der Waals surface area contributed by atoms with Gasteiger partial charge in [0.15, 0.2) is 0 Å². The molecule has 90 valence electrons. The molecule has 1 rings (SSSR count). The van der Waals surface area contributed by atoms with E-state index in [1.165, 1.54) is 0 Å². The predicted molar refractivity (Wildman–Crippen MR) is 68.5 cm³/mol. The van der Waals surface area contributed by atoms with Crippen molar-refractivity contribution < 1.29 is 13.2 Å². The van der Waals surface area contributed by atoms with Gasteiger partial charge in [-0.1, -0.05) is 28.1 Å². The van der Waals surface area contributed by atoms with E-state index in [-0.39, 0.29) is 10.8 Å². The second kappa shape index (κ2) is 5.54. The second-order valence-corrected chi connectivity index (χ2v) is 6.51. The van der Waals surface area contributed by atoms with Crippen molar-refractivity contribution in [2.24, 2.45) is 0 Å². The molecule has 0 radical (unpaired) electrons. The Morgan fingerprint density at radius 2 is 2.00 bits per heavy atom. The standard InChI is InChI=1S/C10H14BrNO3S/c1-8(2)15-10-6-4-3-5-9(10)12-16(13,14)7-11/h3-6,8,12H,7H2,1-2H3. The lowest BCUT2D eigenvalue weighted by Crippen LogP contribution is -2.15.